The summed E-state index contributed by atoms with van der Waals surface area (Å²) < 4.78 is 21.9. The van der Waals surface area contributed by atoms with E-state index in [4.69, 9.17) is 4.74 Å². The van der Waals surface area contributed by atoms with E-state index in [0.29, 0.717) is 41.1 Å². The summed E-state index contributed by atoms with van der Waals surface area (Å²) in [6, 6.07) is 11.3. The molecule has 1 aromatic heterocycles. The minimum absolute atomic E-state index is 0.179. The van der Waals surface area contributed by atoms with Crippen LogP contribution in [0.3, 0.4) is 0 Å². The van der Waals surface area contributed by atoms with Crippen LogP contribution in [0.4, 0.5) is 9.18 Å². The summed E-state index contributed by atoms with van der Waals surface area (Å²) in [6.07, 6.45) is 1.59. The van der Waals surface area contributed by atoms with Crippen molar-refractivity contribution >= 4 is 38.9 Å². The Morgan fingerprint density at radius 1 is 1.31 bits per heavy atom. The van der Waals surface area contributed by atoms with Gasteiger partial charge in [-0.1, -0.05) is 37.3 Å². The Bertz CT molecular complexity index is 1160. The summed E-state index contributed by atoms with van der Waals surface area (Å²) in [5.41, 5.74) is 3.34. The monoisotopic (exact) mass is 502 g/mol. The van der Waals surface area contributed by atoms with Gasteiger partial charge in [-0.05, 0) is 64.9 Å². The van der Waals surface area contributed by atoms with E-state index in [0.717, 1.165) is 16.8 Å². The molecule has 0 aliphatic heterocycles. The molecule has 0 radical (unpaired) electrons. The van der Waals surface area contributed by atoms with Crippen LogP contribution in [0.2, 0.25) is 0 Å². The maximum absolute atomic E-state index is 14.2. The summed E-state index contributed by atoms with van der Waals surface area (Å²) in [5.74, 6) is -1.32. The Balaban J connectivity index is 1.60. The molecule has 4 rings (SSSR count). The number of aromatic nitrogens is 1. The number of ether oxygens (including phenoxy) is 1. The highest BCUT2D eigenvalue weighted by molar-refractivity contribution is 9.10. The molecule has 2 atom stereocenters. The molecular formula is C24H24BrFN2O4. The third-order valence-electron chi connectivity index (χ3n) is 5.93. The highest BCUT2D eigenvalue weighted by atomic mass is 79.9. The minimum atomic E-state index is -0.923. The van der Waals surface area contributed by atoms with Gasteiger partial charge in [0.15, 0.2) is 0 Å². The van der Waals surface area contributed by atoms with E-state index < -0.39 is 23.9 Å². The lowest BCUT2D eigenvalue weighted by Crippen LogP contribution is -2.39. The van der Waals surface area contributed by atoms with E-state index in [1.807, 2.05) is 41.8 Å². The van der Waals surface area contributed by atoms with Gasteiger partial charge in [-0.25, -0.2) is 14.0 Å². The molecular weight excluding hydrogens is 479 g/mol. The maximum atomic E-state index is 14.2. The number of alkyl carbamates (subject to hydrolysis) is 1. The number of benzene rings is 2. The molecule has 8 heteroatoms. The summed E-state index contributed by atoms with van der Waals surface area (Å²) in [7, 11) is 0. The van der Waals surface area contributed by atoms with Gasteiger partial charge in [-0.3, -0.25) is 0 Å². The smallest absolute Gasteiger partial charge is 0.407 e. The van der Waals surface area contributed by atoms with E-state index in [9.17, 15) is 19.1 Å². The average molecular weight is 503 g/mol. The Hall–Kier alpha value is -2.87. The number of rotatable bonds is 6. The van der Waals surface area contributed by atoms with Gasteiger partial charge in [0, 0.05) is 21.6 Å². The van der Waals surface area contributed by atoms with Crippen molar-refractivity contribution in [3.05, 3.63) is 69.6 Å². The van der Waals surface area contributed by atoms with Crippen LogP contribution in [0.1, 0.15) is 42.6 Å². The first-order valence-electron chi connectivity index (χ1n) is 10.6. The fourth-order valence-corrected chi connectivity index (χ4v) is 5.12. The summed E-state index contributed by atoms with van der Waals surface area (Å²) in [5, 5.41) is 13.4. The van der Waals surface area contributed by atoms with Crippen molar-refractivity contribution < 1.29 is 23.8 Å². The van der Waals surface area contributed by atoms with Gasteiger partial charge in [0.2, 0.25) is 0 Å². The van der Waals surface area contributed by atoms with Gasteiger partial charge in [0.25, 0.3) is 0 Å². The van der Waals surface area contributed by atoms with E-state index in [1.165, 1.54) is 12.1 Å². The van der Waals surface area contributed by atoms with Crippen LogP contribution in [-0.4, -0.2) is 27.8 Å². The molecule has 1 aliphatic carbocycles. The molecule has 0 saturated heterocycles. The van der Waals surface area contributed by atoms with Gasteiger partial charge >= 0.3 is 12.1 Å². The third kappa shape index (κ3) is 4.37. The standard InChI is InChI=1S/C24H24BrFN2O4/c1-2-20(23(29)30)28-21-9-8-16(27-24(31)32-13-14-6-4-3-5-7-14)12-17(21)18-10-15(26)11-19(25)22(18)28/h3-7,10-11,16,20H,2,8-9,12-13H2,1H3,(H,27,31)(H,29,30). The zero-order valence-corrected chi connectivity index (χ0v) is 19.2. The predicted octanol–water partition coefficient (Wildman–Crippen LogP) is 5.36. The molecule has 32 heavy (non-hydrogen) atoms. The lowest BCUT2D eigenvalue weighted by Gasteiger charge is -2.26. The lowest BCUT2D eigenvalue weighted by atomic mass is 9.91. The zero-order valence-electron chi connectivity index (χ0n) is 17.6. The fraction of sp³-hybridized carbons (Fsp3) is 0.333. The zero-order chi connectivity index (χ0) is 22.8. The van der Waals surface area contributed by atoms with Crippen LogP contribution in [0.25, 0.3) is 10.9 Å². The summed E-state index contributed by atoms with van der Waals surface area (Å²) in [6.45, 7) is 2.00. The number of hydrogen-bond donors (Lipinski definition) is 2. The lowest BCUT2D eigenvalue weighted by molar-refractivity contribution is -0.140. The van der Waals surface area contributed by atoms with Crippen molar-refractivity contribution in [3.63, 3.8) is 0 Å². The second-order valence-corrected chi connectivity index (χ2v) is 8.84. The number of hydrogen-bond acceptors (Lipinski definition) is 3. The van der Waals surface area contributed by atoms with Gasteiger partial charge in [-0.2, -0.15) is 0 Å². The number of carbonyl (C=O) groups excluding carboxylic acids is 1. The average Bonchev–Trinajstić information content (AvgIpc) is 3.07. The number of halogens is 2. The quantitative estimate of drug-likeness (QED) is 0.475. The minimum Gasteiger partial charge on any atom is -0.480 e. The predicted molar refractivity (Wildman–Crippen MR) is 122 cm³/mol. The van der Waals surface area contributed by atoms with Crippen molar-refractivity contribution in [2.45, 2.75) is 51.3 Å². The van der Waals surface area contributed by atoms with Crippen LogP contribution in [0.15, 0.2) is 46.9 Å². The molecule has 168 valence electrons. The van der Waals surface area contributed by atoms with Crippen LogP contribution in [0.5, 0.6) is 0 Å². The highest BCUT2D eigenvalue weighted by Gasteiger charge is 2.32. The van der Waals surface area contributed by atoms with Crippen molar-refractivity contribution in [2.24, 2.45) is 0 Å². The van der Waals surface area contributed by atoms with Gasteiger partial charge in [0.05, 0.1) is 5.52 Å². The summed E-state index contributed by atoms with van der Waals surface area (Å²) >= 11 is 3.43. The fourth-order valence-electron chi connectivity index (χ4n) is 4.50. The van der Waals surface area contributed by atoms with Gasteiger partial charge in [-0.15, -0.1) is 0 Å². The molecule has 1 amide bonds. The number of nitrogens with zero attached hydrogens (tertiary/aromatic N) is 1. The number of carboxylic acids is 1. The number of aliphatic carboxylic acids is 1. The van der Waals surface area contributed by atoms with E-state index in [2.05, 4.69) is 21.2 Å². The van der Waals surface area contributed by atoms with Crippen molar-refractivity contribution in [1.82, 2.24) is 9.88 Å². The van der Waals surface area contributed by atoms with Crippen molar-refractivity contribution in [2.75, 3.05) is 0 Å². The first kappa shape index (κ1) is 22.3. The van der Waals surface area contributed by atoms with Crippen molar-refractivity contribution in [3.8, 4) is 0 Å². The molecule has 0 bridgehead atoms. The second kappa shape index (κ2) is 9.32. The van der Waals surface area contributed by atoms with E-state index in [-0.39, 0.29) is 12.6 Å². The normalized spacial score (nSPS) is 16.4. The molecule has 2 unspecified atom stereocenters. The summed E-state index contributed by atoms with van der Waals surface area (Å²) in [4.78, 5) is 24.3. The molecule has 2 aromatic carbocycles. The Morgan fingerprint density at radius 2 is 2.06 bits per heavy atom. The molecule has 1 aliphatic rings. The number of carbonyl (C=O) groups is 2. The van der Waals surface area contributed by atoms with E-state index >= 15 is 0 Å². The Kier molecular flexibility index (Phi) is 6.50. The molecule has 3 aromatic rings. The number of amides is 1. The van der Waals surface area contributed by atoms with Crippen LogP contribution in [0, 0.1) is 5.82 Å². The molecule has 6 nitrogen and oxygen atoms in total. The largest absolute Gasteiger partial charge is 0.480 e. The molecule has 2 N–H and O–H groups in total. The second-order valence-electron chi connectivity index (χ2n) is 7.99. The Morgan fingerprint density at radius 3 is 2.75 bits per heavy atom. The number of nitrogens with one attached hydrogen (secondary N) is 1. The topological polar surface area (TPSA) is 80.6 Å². The van der Waals surface area contributed by atoms with Gasteiger partial charge in [0.1, 0.15) is 18.5 Å². The van der Waals surface area contributed by atoms with Crippen LogP contribution >= 0.6 is 15.9 Å². The molecule has 0 fully saturated rings. The van der Waals surface area contributed by atoms with E-state index in [1.54, 1.807) is 0 Å². The highest BCUT2D eigenvalue weighted by Crippen LogP contribution is 2.39. The van der Waals surface area contributed by atoms with Crippen LogP contribution in [-0.2, 0) is 29.0 Å². The SMILES string of the molecule is CCC(C(=O)O)n1c2c(c3cc(F)cc(Br)c31)CC(NC(=O)OCc1ccccc1)CC2. The van der Waals surface area contributed by atoms with Crippen LogP contribution < -0.4 is 5.32 Å². The Labute approximate surface area is 193 Å². The third-order valence-corrected chi connectivity index (χ3v) is 6.54. The number of fused-ring (bicyclic) bond motifs is 3. The molecule has 0 saturated carbocycles. The molecule has 1 heterocycles. The number of carboxylic acid groups (broad SMARTS) is 1. The maximum Gasteiger partial charge on any atom is 0.407 e. The van der Waals surface area contributed by atoms with Crippen molar-refractivity contribution in [1.29, 1.82) is 0 Å². The van der Waals surface area contributed by atoms with Gasteiger partial charge < -0.3 is 19.7 Å². The first-order valence-corrected chi connectivity index (χ1v) is 11.4. The first-order chi connectivity index (χ1) is 15.4. The molecule has 0 spiro atoms.